The summed E-state index contributed by atoms with van der Waals surface area (Å²) in [4.78, 5) is 28.4. The Bertz CT molecular complexity index is 1620. The molecule has 1 amide bonds. The lowest BCUT2D eigenvalue weighted by molar-refractivity contribution is -0.122. The Hall–Kier alpha value is -4.27. The van der Waals surface area contributed by atoms with Crippen LogP contribution in [-0.4, -0.2) is 47.6 Å². The highest BCUT2D eigenvalue weighted by atomic mass is 32.2. The maximum absolute atomic E-state index is 13.4. The van der Waals surface area contributed by atoms with Gasteiger partial charge in [0.2, 0.25) is 0 Å². The first kappa shape index (κ1) is 29.7. The molecule has 41 heavy (non-hydrogen) atoms. The van der Waals surface area contributed by atoms with Crippen LogP contribution in [0, 0.1) is 18.3 Å². The summed E-state index contributed by atoms with van der Waals surface area (Å²) in [5.74, 6) is 2.26. The first-order chi connectivity index (χ1) is 19.7. The number of nitrogens with zero attached hydrogens (tertiary/aromatic N) is 3. The number of thiocarbonyl (C=S) groups is 1. The molecule has 1 aliphatic heterocycles. The lowest BCUT2D eigenvalue weighted by atomic mass is 10.0. The van der Waals surface area contributed by atoms with Gasteiger partial charge in [-0.15, -0.1) is 0 Å². The van der Waals surface area contributed by atoms with Crippen LogP contribution in [0.25, 0.3) is 6.08 Å². The molecule has 1 aromatic heterocycles. The number of anilines is 1. The summed E-state index contributed by atoms with van der Waals surface area (Å²) in [6.45, 7) is 2.51. The first-order valence-electron chi connectivity index (χ1n) is 12.7. The average Bonchev–Trinajstić information content (AvgIpc) is 3.25. The lowest BCUT2D eigenvalue weighted by Crippen LogP contribution is -2.27. The van der Waals surface area contributed by atoms with Crippen molar-refractivity contribution in [3.8, 4) is 23.3 Å². The van der Waals surface area contributed by atoms with Gasteiger partial charge in [0.1, 0.15) is 27.5 Å². The van der Waals surface area contributed by atoms with Crippen LogP contribution in [-0.2, 0) is 24.8 Å². The topological polar surface area (TPSA) is 106 Å². The highest BCUT2D eigenvalue weighted by Crippen LogP contribution is 2.36. The van der Waals surface area contributed by atoms with E-state index < -0.39 is 5.56 Å². The Morgan fingerprint density at radius 2 is 1.71 bits per heavy atom. The predicted molar refractivity (Wildman–Crippen MR) is 165 cm³/mol. The Morgan fingerprint density at radius 3 is 2.34 bits per heavy atom. The second kappa shape index (κ2) is 12.9. The third kappa shape index (κ3) is 6.24. The summed E-state index contributed by atoms with van der Waals surface area (Å²) in [7, 11) is 6.37. The van der Waals surface area contributed by atoms with Gasteiger partial charge in [0.15, 0.2) is 11.5 Å². The zero-order chi connectivity index (χ0) is 29.7. The van der Waals surface area contributed by atoms with Gasteiger partial charge in [0.25, 0.3) is 11.5 Å². The number of benzene rings is 2. The maximum Gasteiger partial charge on any atom is 0.270 e. The molecule has 9 nitrogen and oxygen atoms in total. The number of carbonyl (C=O) groups excluding carboxylic acids is 1. The van der Waals surface area contributed by atoms with Crippen molar-refractivity contribution >= 4 is 46.1 Å². The Kier molecular flexibility index (Phi) is 9.37. The number of methoxy groups -OCH3 is 3. The van der Waals surface area contributed by atoms with Crippen molar-refractivity contribution in [3.05, 3.63) is 85.5 Å². The van der Waals surface area contributed by atoms with Crippen molar-refractivity contribution < 1.29 is 19.0 Å². The number of amides is 1. The van der Waals surface area contributed by atoms with Gasteiger partial charge in [-0.05, 0) is 60.4 Å². The molecule has 2 aromatic carbocycles. The maximum atomic E-state index is 13.4. The molecule has 0 aliphatic carbocycles. The summed E-state index contributed by atoms with van der Waals surface area (Å²) in [5.41, 5.74) is 2.60. The van der Waals surface area contributed by atoms with Crippen LogP contribution in [0.3, 0.4) is 0 Å². The molecule has 4 rings (SSSR count). The van der Waals surface area contributed by atoms with Crippen molar-refractivity contribution in [1.82, 2.24) is 9.47 Å². The lowest BCUT2D eigenvalue weighted by Gasteiger charge is -2.18. The molecule has 1 aliphatic rings. The Labute approximate surface area is 248 Å². The third-order valence-corrected chi connectivity index (χ3v) is 8.18. The molecule has 0 saturated carbocycles. The molecular weight excluding hydrogens is 560 g/mol. The minimum absolute atomic E-state index is 0.0258. The number of nitrogens with one attached hydrogen (secondary N) is 1. The molecule has 0 spiro atoms. The number of hydrogen-bond acceptors (Lipinski definition) is 9. The normalized spacial score (nSPS) is 13.9. The SMILES string of the molecule is COc1ccc(CN2C(=O)/C(=C\c3c(C)c(C#N)c(=O)n(C)c3NCCc3ccc(OC)c(OC)c3)SC2=S)cc1. The van der Waals surface area contributed by atoms with Crippen molar-refractivity contribution in [2.75, 3.05) is 33.2 Å². The van der Waals surface area contributed by atoms with E-state index in [1.165, 1.54) is 16.3 Å². The van der Waals surface area contributed by atoms with Gasteiger partial charge in [0.05, 0.1) is 32.8 Å². The van der Waals surface area contributed by atoms with Crippen LogP contribution in [0.4, 0.5) is 5.82 Å². The summed E-state index contributed by atoms with van der Waals surface area (Å²) in [6.07, 6.45) is 2.33. The fraction of sp³-hybridized carbons (Fsp3) is 0.267. The van der Waals surface area contributed by atoms with Crippen LogP contribution < -0.4 is 25.1 Å². The molecular formula is C30H30N4O5S2. The smallest absolute Gasteiger partial charge is 0.270 e. The van der Waals surface area contributed by atoms with Crippen LogP contribution in [0.5, 0.6) is 17.2 Å². The molecule has 1 saturated heterocycles. The van der Waals surface area contributed by atoms with Gasteiger partial charge in [0, 0.05) is 19.2 Å². The van der Waals surface area contributed by atoms with Crippen LogP contribution in [0.1, 0.15) is 27.8 Å². The van der Waals surface area contributed by atoms with Crippen molar-refractivity contribution in [3.63, 3.8) is 0 Å². The number of aromatic nitrogens is 1. The summed E-state index contributed by atoms with van der Waals surface area (Å²) < 4.78 is 17.8. The number of carbonyl (C=O) groups is 1. The largest absolute Gasteiger partial charge is 0.497 e. The molecule has 212 valence electrons. The average molecular weight is 591 g/mol. The molecule has 2 heterocycles. The molecule has 11 heteroatoms. The van der Waals surface area contributed by atoms with E-state index in [4.69, 9.17) is 26.4 Å². The number of ether oxygens (including phenoxy) is 3. The Morgan fingerprint density at radius 1 is 1.02 bits per heavy atom. The van der Waals surface area contributed by atoms with E-state index in [1.807, 2.05) is 48.5 Å². The zero-order valence-corrected chi connectivity index (χ0v) is 25.1. The number of pyridine rings is 1. The Balaban J connectivity index is 1.63. The highest BCUT2D eigenvalue weighted by molar-refractivity contribution is 8.26. The monoisotopic (exact) mass is 590 g/mol. The third-order valence-electron chi connectivity index (χ3n) is 6.80. The number of rotatable bonds is 10. The number of nitriles is 1. The van der Waals surface area contributed by atoms with E-state index >= 15 is 0 Å². The predicted octanol–water partition coefficient (Wildman–Crippen LogP) is 4.65. The minimum atomic E-state index is -0.414. The van der Waals surface area contributed by atoms with E-state index in [0.717, 1.165) is 16.9 Å². The minimum Gasteiger partial charge on any atom is -0.497 e. The molecule has 0 unspecified atom stereocenters. The van der Waals surface area contributed by atoms with E-state index in [9.17, 15) is 14.9 Å². The van der Waals surface area contributed by atoms with Crippen LogP contribution in [0.15, 0.2) is 52.2 Å². The first-order valence-corrected chi connectivity index (χ1v) is 13.9. The molecule has 1 N–H and O–H groups in total. The van der Waals surface area contributed by atoms with E-state index in [0.29, 0.717) is 57.2 Å². The second-order valence-electron chi connectivity index (χ2n) is 9.22. The van der Waals surface area contributed by atoms with Gasteiger partial charge >= 0.3 is 0 Å². The van der Waals surface area contributed by atoms with Crippen LogP contribution >= 0.6 is 24.0 Å². The van der Waals surface area contributed by atoms with Crippen molar-refractivity contribution in [1.29, 1.82) is 5.26 Å². The van der Waals surface area contributed by atoms with Gasteiger partial charge in [-0.25, -0.2) is 0 Å². The van der Waals surface area contributed by atoms with Gasteiger partial charge in [-0.2, -0.15) is 5.26 Å². The van der Waals surface area contributed by atoms with Crippen LogP contribution in [0.2, 0.25) is 0 Å². The quantitative estimate of drug-likeness (QED) is 0.267. The van der Waals surface area contributed by atoms with E-state index in [-0.39, 0.29) is 11.5 Å². The highest BCUT2D eigenvalue weighted by Gasteiger charge is 2.33. The molecule has 0 atom stereocenters. The van der Waals surface area contributed by atoms with E-state index in [2.05, 4.69) is 5.32 Å². The fourth-order valence-corrected chi connectivity index (χ4v) is 5.72. The molecule has 0 radical (unpaired) electrons. The van der Waals surface area contributed by atoms with Crippen molar-refractivity contribution in [2.45, 2.75) is 19.9 Å². The molecule has 0 bridgehead atoms. The second-order valence-corrected chi connectivity index (χ2v) is 10.9. The zero-order valence-electron chi connectivity index (χ0n) is 23.4. The summed E-state index contributed by atoms with van der Waals surface area (Å²) >= 11 is 6.74. The fourth-order valence-electron chi connectivity index (χ4n) is 4.49. The summed E-state index contributed by atoms with van der Waals surface area (Å²) in [5, 5.41) is 13.1. The van der Waals surface area contributed by atoms with Gasteiger partial charge < -0.3 is 19.5 Å². The number of hydrogen-bond donors (Lipinski definition) is 1. The van der Waals surface area contributed by atoms with Crippen molar-refractivity contribution in [2.24, 2.45) is 7.05 Å². The van der Waals surface area contributed by atoms with Gasteiger partial charge in [-0.1, -0.05) is 42.2 Å². The standard InChI is InChI=1S/C30H30N4O5S2/c1-18-22(15-26-29(36)34(30(40)41-26)17-20-6-9-21(37-3)10-7-20)27(33(2)28(35)23(18)16-31)32-13-12-19-8-11-24(38-4)25(14-19)39-5/h6-11,14-15,32H,12-13,17H2,1-5H3/b26-15+. The molecule has 3 aromatic rings. The van der Waals surface area contributed by atoms with Gasteiger partial charge in [-0.3, -0.25) is 19.1 Å². The van der Waals surface area contributed by atoms with E-state index in [1.54, 1.807) is 46.3 Å². The summed E-state index contributed by atoms with van der Waals surface area (Å²) in [6, 6.07) is 15.1. The molecule has 1 fully saturated rings. The number of thioether (sulfide) groups is 1.